The van der Waals surface area contributed by atoms with E-state index in [2.05, 4.69) is 14.7 Å². The number of H-pyrrole nitrogens is 1. The van der Waals surface area contributed by atoms with Gasteiger partial charge in [-0.1, -0.05) is 84.0 Å². The van der Waals surface area contributed by atoms with Crippen LogP contribution in [0.3, 0.4) is 0 Å². The zero-order valence-corrected chi connectivity index (χ0v) is 22.0. The lowest BCUT2D eigenvalue weighted by molar-refractivity contribution is 0.388. The average Bonchev–Trinajstić information content (AvgIpc) is 3.61. The molecule has 0 aliphatic carbocycles. The molecule has 6 aromatic rings. The third-order valence-electron chi connectivity index (χ3n) is 6.70. The molecule has 0 atom stereocenters. The van der Waals surface area contributed by atoms with Crippen molar-refractivity contribution >= 4 is 21.6 Å². The smallest absolute Gasteiger partial charge is 0.296 e. The van der Waals surface area contributed by atoms with Gasteiger partial charge >= 0.3 is 11.4 Å². The maximum atomic E-state index is 13.7. The van der Waals surface area contributed by atoms with E-state index >= 15 is 0 Å². The largest absolute Gasteiger partial charge is 0.439 e. The molecule has 0 spiro atoms. The van der Waals surface area contributed by atoms with Crippen LogP contribution < -0.4 is 17.0 Å². The van der Waals surface area contributed by atoms with Crippen molar-refractivity contribution in [2.75, 3.05) is 6.67 Å². The first-order chi connectivity index (χ1) is 19.5. The molecule has 1 N–H and O–H groups in total. The number of rotatable bonds is 8. The van der Waals surface area contributed by atoms with Gasteiger partial charge in [0.1, 0.15) is 4.83 Å². The molecule has 0 aliphatic heterocycles. The van der Waals surface area contributed by atoms with Crippen LogP contribution >= 0.6 is 11.3 Å². The van der Waals surface area contributed by atoms with Crippen LogP contribution in [0.25, 0.3) is 32.7 Å². The van der Waals surface area contributed by atoms with Crippen LogP contribution in [0.2, 0.25) is 0 Å². The number of nitrogens with one attached hydrogen (secondary N) is 1. The van der Waals surface area contributed by atoms with E-state index in [4.69, 9.17) is 0 Å². The molecule has 200 valence electrons. The third kappa shape index (κ3) is 4.85. The van der Waals surface area contributed by atoms with Crippen molar-refractivity contribution in [2.24, 2.45) is 0 Å². The topological polar surface area (TPSA) is 103 Å². The number of aromatic nitrogens is 4. The molecule has 10 heteroatoms. The highest BCUT2D eigenvalue weighted by Gasteiger charge is 2.18. The molecule has 0 amide bonds. The number of alkyl halides is 1. The Labute approximate surface area is 230 Å². The van der Waals surface area contributed by atoms with Crippen LogP contribution in [0.15, 0.2) is 104 Å². The molecule has 3 aromatic heterocycles. The summed E-state index contributed by atoms with van der Waals surface area (Å²) in [7, 11) is 0. The third-order valence-corrected chi connectivity index (χ3v) is 7.92. The van der Waals surface area contributed by atoms with Crippen LogP contribution in [0.4, 0.5) is 4.39 Å². The molecule has 0 saturated heterocycles. The predicted molar refractivity (Wildman–Crippen MR) is 153 cm³/mol. The minimum absolute atomic E-state index is 0.141. The maximum absolute atomic E-state index is 13.7. The van der Waals surface area contributed by atoms with Gasteiger partial charge in [-0.05, 0) is 28.3 Å². The van der Waals surface area contributed by atoms with E-state index in [1.165, 1.54) is 15.9 Å². The highest BCUT2D eigenvalue weighted by atomic mass is 32.1. The lowest BCUT2D eigenvalue weighted by atomic mass is 9.98. The summed E-state index contributed by atoms with van der Waals surface area (Å²) in [4.78, 5) is 42.4. The summed E-state index contributed by atoms with van der Waals surface area (Å²) in [5, 5.41) is 4.23. The number of benzene rings is 3. The first kappa shape index (κ1) is 25.4. The fourth-order valence-corrected chi connectivity index (χ4v) is 5.88. The minimum atomic E-state index is -0.631. The van der Waals surface area contributed by atoms with Crippen molar-refractivity contribution in [2.45, 2.75) is 19.5 Å². The molecule has 0 fully saturated rings. The minimum Gasteiger partial charge on any atom is -0.296 e. The Bertz CT molecular complexity index is 1990. The predicted octanol–water partition coefficient (Wildman–Crippen LogP) is 4.84. The summed E-state index contributed by atoms with van der Waals surface area (Å²) in [5.74, 6) is -0.296. The fraction of sp³-hybridized carbons (Fsp3) is 0.133. The molecule has 0 radical (unpaired) electrons. The van der Waals surface area contributed by atoms with Crippen molar-refractivity contribution in [3.8, 4) is 22.5 Å². The van der Waals surface area contributed by atoms with E-state index in [9.17, 15) is 18.8 Å². The van der Waals surface area contributed by atoms with Gasteiger partial charge in [-0.15, -0.1) is 11.3 Å². The molecule has 0 saturated carbocycles. The van der Waals surface area contributed by atoms with Crippen molar-refractivity contribution in [1.29, 1.82) is 0 Å². The summed E-state index contributed by atoms with van der Waals surface area (Å²) in [6.07, 6.45) is 0.191. The standard InChI is InChI=1S/C30H23FN4O4S/c31-15-14-22-16-25-27(36)34(17-19-6-2-1-3-7-19)30(38)35(28(25)40-22)18-20-10-12-21(13-11-20)23-8-4-5-9-24(23)26-32-29(37)39-33-26/h1-13,16H,14-15,17-18H2,(H,32,33,37). The van der Waals surface area contributed by atoms with E-state index in [1.807, 2.05) is 78.9 Å². The average molecular weight is 555 g/mol. The van der Waals surface area contributed by atoms with Crippen LogP contribution in [0.5, 0.6) is 0 Å². The van der Waals surface area contributed by atoms with Gasteiger partial charge in [-0.2, -0.15) is 0 Å². The molecule has 0 aliphatic rings. The molecule has 0 unspecified atom stereocenters. The number of aryl methyl sites for hydroxylation is 1. The zero-order chi connectivity index (χ0) is 27.6. The van der Waals surface area contributed by atoms with E-state index in [0.717, 1.165) is 27.1 Å². The van der Waals surface area contributed by atoms with Crippen molar-refractivity contribution in [3.05, 3.63) is 132 Å². The molecular weight excluding hydrogens is 531 g/mol. The van der Waals surface area contributed by atoms with E-state index in [1.54, 1.807) is 10.6 Å². The van der Waals surface area contributed by atoms with Gasteiger partial charge in [-0.25, -0.2) is 9.59 Å². The Morgan fingerprint density at radius 3 is 2.20 bits per heavy atom. The zero-order valence-electron chi connectivity index (χ0n) is 21.2. The quantitative estimate of drug-likeness (QED) is 0.290. The molecule has 40 heavy (non-hydrogen) atoms. The van der Waals surface area contributed by atoms with E-state index in [-0.39, 0.29) is 25.1 Å². The molecular formula is C30H23FN4O4S. The second kappa shape index (κ2) is 10.7. The SMILES string of the molecule is O=c1[nH]c(-c2ccccc2-c2ccc(Cn3c(=O)n(Cc4ccccc4)c(=O)c4cc(CCF)sc43)cc2)no1. The molecule has 3 heterocycles. The summed E-state index contributed by atoms with van der Waals surface area (Å²) in [5.41, 5.74) is 3.35. The molecule has 3 aromatic carbocycles. The molecule has 8 nitrogen and oxygen atoms in total. The highest BCUT2D eigenvalue weighted by Crippen LogP contribution is 2.30. The van der Waals surface area contributed by atoms with Crippen LogP contribution in [-0.4, -0.2) is 25.9 Å². The Balaban J connectivity index is 1.40. The van der Waals surface area contributed by atoms with Crippen LogP contribution in [0, 0.1) is 0 Å². The lowest BCUT2D eigenvalue weighted by Gasteiger charge is -2.13. The van der Waals surface area contributed by atoms with E-state index < -0.39 is 18.1 Å². The Morgan fingerprint density at radius 2 is 1.50 bits per heavy atom. The normalized spacial score (nSPS) is 11.3. The van der Waals surface area contributed by atoms with Gasteiger partial charge < -0.3 is 0 Å². The van der Waals surface area contributed by atoms with Gasteiger partial charge in [0.2, 0.25) is 0 Å². The molecule has 0 bridgehead atoms. The number of halogens is 1. The Hall–Kier alpha value is -4.83. The molecule has 6 rings (SSSR count). The second-order valence-electron chi connectivity index (χ2n) is 9.30. The lowest BCUT2D eigenvalue weighted by Crippen LogP contribution is -2.40. The first-order valence-electron chi connectivity index (χ1n) is 12.6. The van der Waals surface area contributed by atoms with Gasteiger partial charge in [0.15, 0.2) is 5.82 Å². The van der Waals surface area contributed by atoms with Gasteiger partial charge in [-0.3, -0.25) is 27.8 Å². The van der Waals surface area contributed by atoms with Crippen molar-refractivity contribution < 1.29 is 8.91 Å². The van der Waals surface area contributed by atoms with Crippen molar-refractivity contribution in [3.63, 3.8) is 0 Å². The second-order valence-corrected chi connectivity index (χ2v) is 10.4. The van der Waals surface area contributed by atoms with Crippen molar-refractivity contribution in [1.82, 2.24) is 19.3 Å². The Morgan fingerprint density at radius 1 is 0.825 bits per heavy atom. The summed E-state index contributed by atoms with van der Waals surface area (Å²) in [6, 6.07) is 26.2. The van der Waals surface area contributed by atoms with Gasteiger partial charge in [0.25, 0.3) is 5.56 Å². The summed E-state index contributed by atoms with van der Waals surface area (Å²) < 4.78 is 20.7. The van der Waals surface area contributed by atoms with E-state index in [0.29, 0.717) is 21.6 Å². The number of aromatic amines is 1. The number of fused-ring (bicyclic) bond motifs is 1. The monoisotopic (exact) mass is 554 g/mol. The Kier molecular flexibility index (Phi) is 6.83. The van der Waals surface area contributed by atoms with Crippen LogP contribution in [0.1, 0.15) is 16.0 Å². The maximum Gasteiger partial charge on any atom is 0.439 e. The fourth-order valence-electron chi connectivity index (χ4n) is 4.77. The van der Waals surface area contributed by atoms with Crippen LogP contribution in [-0.2, 0) is 19.5 Å². The summed E-state index contributed by atoms with van der Waals surface area (Å²) >= 11 is 1.28. The number of nitrogens with zero attached hydrogens (tertiary/aromatic N) is 3. The number of hydrogen-bond donors (Lipinski definition) is 1. The highest BCUT2D eigenvalue weighted by molar-refractivity contribution is 7.18. The van der Waals surface area contributed by atoms with Gasteiger partial charge in [0, 0.05) is 16.9 Å². The summed E-state index contributed by atoms with van der Waals surface area (Å²) in [6.45, 7) is -0.165. The number of hydrogen-bond acceptors (Lipinski definition) is 6. The first-order valence-corrected chi connectivity index (χ1v) is 13.4. The van der Waals surface area contributed by atoms with Gasteiger partial charge in [0.05, 0.1) is 25.2 Å². The number of thiophene rings is 1.